The van der Waals surface area contributed by atoms with Gasteiger partial charge in [-0.05, 0) is 24.0 Å². The Morgan fingerprint density at radius 1 is 0.727 bits per heavy atom. The Morgan fingerprint density at radius 2 is 1.15 bits per heavy atom. The number of benzene rings is 2. The first-order chi connectivity index (χ1) is 16.1. The largest absolute Gasteiger partial charge is 0.465 e. The lowest BCUT2D eigenvalue weighted by molar-refractivity contribution is -0.157. The van der Waals surface area contributed by atoms with E-state index in [1.165, 1.54) is 11.1 Å². The minimum Gasteiger partial charge on any atom is -0.465 e. The van der Waals surface area contributed by atoms with Gasteiger partial charge in [0.05, 0.1) is 25.0 Å². The van der Waals surface area contributed by atoms with Gasteiger partial charge in [0.25, 0.3) is 0 Å². The van der Waals surface area contributed by atoms with Crippen LogP contribution in [0.4, 0.5) is 0 Å². The number of ether oxygens (including phenoxy) is 2. The van der Waals surface area contributed by atoms with E-state index in [4.69, 9.17) is 9.47 Å². The zero-order valence-corrected chi connectivity index (χ0v) is 18.7. The van der Waals surface area contributed by atoms with Crippen LogP contribution in [0.3, 0.4) is 0 Å². The van der Waals surface area contributed by atoms with Gasteiger partial charge in [0.1, 0.15) is 0 Å². The zero-order chi connectivity index (χ0) is 22.5. The van der Waals surface area contributed by atoms with Crippen LogP contribution in [0.2, 0.25) is 0 Å². The summed E-state index contributed by atoms with van der Waals surface area (Å²) in [7, 11) is 0. The molecule has 4 aliphatic heterocycles. The summed E-state index contributed by atoms with van der Waals surface area (Å²) in [4.78, 5) is 25.7. The monoisotopic (exact) mass is 446 g/mol. The van der Waals surface area contributed by atoms with Crippen molar-refractivity contribution in [1.29, 1.82) is 0 Å². The van der Waals surface area contributed by atoms with Crippen molar-refractivity contribution in [2.75, 3.05) is 26.3 Å². The van der Waals surface area contributed by atoms with Crippen molar-refractivity contribution in [3.8, 4) is 0 Å². The van der Waals surface area contributed by atoms with Gasteiger partial charge in [0.15, 0.2) is 0 Å². The van der Waals surface area contributed by atoms with Crippen LogP contribution < -0.4 is 10.6 Å². The first-order valence-corrected chi connectivity index (χ1v) is 12.1. The Hall–Kier alpha value is -2.70. The molecule has 0 radical (unpaired) electrons. The third-order valence-electron chi connectivity index (χ3n) is 8.51. The van der Waals surface area contributed by atoms with Gasteiger partial charge in [0.2, 0.25) is 0 Å². The number of nitrogens with one attached hydrogen (secondary N) is 2. The van der Waals surface area contributed by atoms with Crippen LogP contribution in [0.15, 0.2) is 60.7 Å². The molecule has 0 aromatic heterocycles. The van der Waals surface area contributed by atoms with Crippen molar-refractivity contribution in [1.82, 2.24) is 10.6 Å². The maximum atomic E-state index is 12.8. The number of hydrogen-bond acceptors (Lipinski definition) is 6. The van der Waals surface area contributed by atoms with Crippen LogP contribution in [0, 0.1) is 11.8 Å². The van der Waals surface area contributed by atoms with Crippen molar-refractivity contribution in [2.24, 2.45) is 11.8 Å². The fourth-order valence-corrected chi connectivity index (χ4v) is 6.80. The van der Waals surface area contributed by atoms with Gasteiger partial charge in [-0.25, -0.2) is 0 Å². The standard InChI is InChI=1S/C27H30N2O4/c30-24(22-20-14-26(22,16-28-20)18-8-3-1-4-9-18)32-12-7-13-33-25(31)23-21-15-27(23,17-29-21)19-10-5-2-6-11-19/h1-6,8-11,20-23,28-29H,7,12-17H2. The van der Waals surface area contributed by atoms with E-state index < -0.39 is 0 Å². The molecule has 2 aliphatic carbocycles. The Bertz CT molecular complexity index is 953. The highest BCUT2D eigenvalue weighted by atomic mass is 16.5. The quantitative estimate of drug-likeness (QED) is 0.479. The minimum atomic E-state index is -0.143. The molecule has 6 fully saturated rings. The molecule has 0 spiro atoms. The fourth-order valence-electron chi connectivity index (χ4n) is 6.80. The predicted molar refractivity (Wildman–Crippen MR) is 123 cm³/mol. The summed E-state index contributed by atoms with van der Waals surface area (Å²) in [5.41, 5.74) is 2.13. The molecule has 4 saturated heterocycles. The molecule has 2 N–H and O–H groups in total. The molecule has 6 unspecified atom stereocenters. The second-order valence-corrected chi connectivity index (χ2v) is 10.1. The molecule has 4 heterocycles. The van der Waals surface area contributed by atoms with Gasteiger partial charge in [-0.3, -0.25) is 9.59 Å². The van der Waals surface area contributed by atoms with Gasteiger partial charge >= 0.3 is 11.9 Å². The van der Waals surface area contributed by atoms with Crippen molar-refractivity contribution >= 4 is 11.9 Å². The Balaban J connectivity index is 0.987. The molecule has 4 bridgehead atoms. The highest BCUT2D eigenvalue weighted by Gasteiger charge is 2.64. The van der Waals surface area contributed by atoms with Crippen LogP contribution in [-0.2, 0) is 29.9 Å². The van der Waals surface area contributed by atoms with Crippen LogP contribution in [0.5, 0.6) is 0 Å². The van der Waals surface area contributed by atoms with Gasteiger partial charge in [-0.15, -0.1) is 0 Å². The Labute approximate surface area is 194 Å². The van der Waals surface area contributed by atoms with Crippen molar-refractivity contribution in [3.05, 3.63) is 71.8 Å². The molecule has 2 aromatic rings. The number of fused-ring (bicyclic) bond motifs is 2. The van der Waals surface area contributed by atoms with E-state index in [1.54, 1.807) is 0 Å². The molecule has 33 heavy (non-hydrogen) atoms. The van der Waals surface area contributed by atoms with Crippen LogP contribution in [0.25, 0.3) is 0 Å². The van der Waals surface area contributed by atoms with Crippen LogP contribution in [0.1, 0.15) is 30.4 Å². The van der Waals surface area contributed by atoms with Crippen LogP contribution in [-0.4, -0.2) is 50.3 Å². The van der Waals surface area contributed by atoms with E-state index >= 15 is 0 Å². The third kappa shape index (κ3) is 3.15. The van der Waals surface area contributed by atoms with Gasteiger partial charge in [0, 0.05) is 42.4 Å². The smallest absolute Gasteiger partial charge is 0.311 e. The van der Waals surface area contributed by atoms with Crippen molar-refractivity contribution in [2.45, 2.75) is 42.2 Å². The zero-order valence-electron chi connectivity index (χ0n) is 18.7. The van der Waals surface area contributed by atoms with Crippen molar-refractivity contribution < 1.29 is 19.1 Å². The molecule has 6 aliphatic rings. The fraction of sp³-hybridized carbons (Fsp3) is 0.481. The van der Waals surface area contributed by atoms with Crippen molar-refractivity contribution in [3.63, 3.8) is 0 Å². The number of esters is 2. The number of carbonyl (C=O) groups excluding carboxylic acids is 2. The molecule has 6 atom stereocenters. The average Bonchev–Trinajstić information content (AvgIpc) is 3.60. The maximum absolute atomic E-state index is 12.8. The molecular formula is C27H30N2O4. The number of carbonyl (C=O) groups is 2. The number of hydrogen-bond donors (Lipinski definition) is 2. The van der Waals surface area contributed by atoms with Gasteiger partial charge in [-0.1, -0.05) is 60.7 Å². The SMILES string of the molecule is O=C(OCCCOC(=O)C1C2CC1(c1ccccc1)CN2)C1C2CC1(c1ccccc1)CN2. The number of rotatable bonds is 8. The van der Waals surface area contributed by atoms with E-state index in [9.17, 15) is 9.59 Å². The Morgan fingerprint density at radius 3 is 1.55 bits per heavy atom. The van der Waals surface area contributed by atoms with E-state index in [0.717, 1.165) is 25.9 Å². The molecule has 8 rings (SSSR count). The molecule has 2 saturated carbocycles. The topological polar surface area (TPSA) is 76.7 Å². The highest BCUT2D eigenvalue weighted by molar-refractivity contribution is 5.79. The van der Waals surface area contributed by atoms with Gasteiger partial charge in [-0.2, -0.15) is 0 Å². The lowest BCUT2D eigenvalue weighted by atomic mass is 9.57. The maximum Gasteiger partial charge on any atom is 0.311 e. The first-order valence-electron chi connectivity index (χ1n) is 12.1. The molecule has 0 amide bonds. The molecular weight excluding hydrogens is 416 g/mol. The van der Waals surface area contributed by atoms with Crippen LogP contribution >= 0.6 is 0 Å². The summed E-state index contributed by atoms with van der Waals surface area (Å²) in [6, 6.07) is 20.9. The van der Waals surface area contributed by atoms with E-state index in [1.807, 2.05) is 36.4 Å². The Kier molecular flexibility index (Phi) is 5.03. The summed E-state index contributed by atoms with van der Waals surface area (Å²) in [6.45, 7) is 2.18. The third-order valence-corrected chi connectivity index (χ3v) is 8.51. The highest BCUT2D eigenvalue weighted by Crippen LogP contribution is 2.54. The average molecular weight is 447 g/mol. The predicted octanol–water partition coefficient (Wildman–Crippen LogP) is 2.32. The summed E-state index contributed by atoms with van der Waals surface area (Å²) in [5, 5.41) is 6.92. The lowest BCUT2D eigenvalue weighted by Crippen LogP contribution is -2.54. The lowest BCUT2D eigenvalue weighted by Gasteiger charge is -2.45. The molecule has 6 heteroatoms. The molecule has 172 valence electrons. The van der Waals surface area contributed by atoms with E-state index in [-0.39, 0.29) is 59.9 Å². The minimum absolute atomic E-state index is 0.134. The summed E-state index contributed by atoms with van der Waals surface area (Å²) in [5.74, 6) is -0.555. The molecule has 6 nitrogen and oxygen atoms in total. The first kappa shape index (κ1) is 20.9. The second-order valence-electron chi connectivity index (χ2n) is 10.1. The van der Waals surface area contributed by atoms with Gasteiger partial charge < -0.3 is 20.1 Å². The summed E-state index contributed by atoms with van der Waals surface area (Å²) < 4.78 is 11.2. The summed E-state index contributed by atoms with van der Waals surface area (Å²) >= 11 is 0. The normalized spacial score (nSPS) is 35.4. The van der Waals surface area contributed by atoms with E-state index in [2.05, 4.69) is 34.9 Å². The van der Waals surface area contributed by atoms with E-state index in [0.29, 0.717) is 6.42 Å². The second kappa shape index (κ2) is 7.96. The molecule has 2 aromatic carbocycles. The summed E-state index contributed by atoms with van der Waals surface area (Å²) in [6.07, 6.45) is 2.48.